The Morgan fingerprint density at radius 1 is 1.23 bits per heavy atom. The summed E-state index contributed by atoms with van der Waals surface area (Å²) in [6, 6.07) is 6.56. The predicted molar refractivity (Wildman–Crippen MR) is 86.2 cm³/mol. The van der Waals surface area contributed by atoms with Crippen molar-refractivity contribution in [3.05, 3.63) is 47.8 Å². The molecule has 1 atom stereocenters. The maximum atomic E-state index is 12.8. The summed E-state index contributed by atoms with van der Waals surface area (Å²) in [6.45, 7) is 8.56. The molecular weight excluding hydrogens is 283 g/mol. The van der Waals surface area contributed by atoms with E-state index in [1.54, 1.807) is 12.1 Å². The standard InChI is InChI=1S/C17H25FN2O2/c1-13(14-7-9-15(18)10-8-14)19-11-5-6-12-20-16(21)22-17(2,3)4/h5-10,13,19H,11-12H2,1-4H3,(H,20,21)/b6-5+. The summed E-state index contributed by atoms with van der Waals surface area (Å²) in [4.78, 5) is 11.4. The second-order valence-electron chi connectivity index (χ2n) is 6.04. The normalized spacial score (nSPS) is 13.1. The van der Waals surface area contributed by atoms with Crippen LogP contribution in [0.4, 0.5) is 9.18 Å². The topological polar surface area (TPSA) is 50.4 Å². The van der Waals surface area contributed by atoms with Crippen LogP contribution in [0.3, 0.4) is 0 Å². The van der Waals surface area contributed by atoms with Crippen molar-refractivity contribution in [2.45, 2.75) is 39.3 Å². The van der Waals surface area contributed by atoms with Gasteiger partial charge in [0, 0.05) is 19.1 Å². The molecule has 0 fully saturated rings. The number of nitrogens with one attached hydrogen (secondary N) is 2. The van der Waals surface area contributed by atoms with Gasteiger partial charge in [0.25, 0.3) is 0 Å². The summed E-state index contributed by atoms with van der Waals surface area (Å²) in [7, 11) is 0. The van der Waals surface area contributed by atoms with Crippen LogP contribution in [0.15, 0.2) is 36.4 Å². The second kappa shape index (κ2) is 8.54. The molecule has 0 saturated heterocycles. The number of hydrogen-bond acceptors (Lipinski definition) is 3. The third-order valence-corrected chi connectivity index (χ3v) is 2.84. The van der Waals surface area contributed by atoms with Crippen LogP contribution < -0.4 is 10.6 Å². The zero-order chi connectivity index (χ0) is 16.6. The van der Waals surface area contributed by atoms with Crippen LogP contribution in [-0.4, -0.2) is 24.8 Å². The summed E-state index contributed by atoms with van der Waals surface area (Å²) < 4.78 is 18.0. The Morgan fingerprint density at radius 2 is 1.82 bits per heavy atom. The molecule has 4 nitrogen and oxygen atoms in total. The Hall–Kier alpha value is -1.88. The third-order valence-electron chi connectivity index (χ3n) is 2.84. The first-order valence-electron chi connectivity index (χ1n) is 7.38. The van der Waals surface area contributed by atoms with Crippen LogP contribution in [0.1, 0.15) is 39.3 Å². The van der Waals surface area contributed by atoms with Crippen molar-refractivity contribution in [1.82, 2.24) is 10.6 Å². The molecule has 1 rings (SSSR count). The highest BCUT2D eigenvalue weighted by Crippen LogP contribution is 2.12. The van der Waals surface area contributed by atoms with Gasteiger partial charge in [0.05, 0.1) is 0 Å². The van der Waals surface area contributed by atoms with Crippen molar-refractivity contribution in [1.29, 1.82) is 0 Å². The third kappa shape index (κ3) is 7.78. The fourth-order valence-corrected chi connectivity index (χ4v) is 1.74. The van der Waals surface area contributed by atoms with Crippen molar-refractivity contribution >= 4 is 6.09 Å². The van der Waals surface area contributed by atoms with Crippen LogP contribution in [0, 0.1) is 5.82 Å². The quantitative estimate of drug-likeness (QED) is 0.790. The number of alkyl carbamates (subject to hydrolysis) is 1. The molecule has 0 radical (unpaired) electrons. The van der Waals surface area contributed by atoms with Crippen molar-refractivity contribution < 1.29 is 13.9 Å². The van der Waals surface area contributed by atoms with Crippen molar-refractivity contribution in [3.8, 4) is 0 Å². The maximum Gasteiger partial charge on any atom is 0.407 e. The summed E-state index contributed by atoms with van der Waals surface area (Å²) in [5.74, 6) is -0.232. The smallest absolute Gasteiger partial charge is 0.407 e. The van der Waals surface area contributed by atoms with E-state index in [4.69, 9.17) is 4.74 Å². The average molecular weight is 308 g/mol. The number of benzene rings is 1. The van der Waals surface area contributed by atoms with Gasteiger partial charge >= 0.3 is 6.09 Å². The van der Waals surface area contributed by atoms with Gasteiger partial charge in [0.2, 0.25) is 0 Å². The molecule has 0 aliphatic rings. The number of ether oxygens (including phenoxy) is 1. The Labute approximate surface area is 131 Å². The van der Waals surface area contributed by atoms with Gasteiger partial charge in [-0.3, -0.25) is 0 Å². The first-order valence-corrected chi connectivity index (χ1v) is 7.38. The van der Waals surface area contributed by atoms with Gasteiger partial charge in [0.1, 0.15) is 11.4 Å². The van der Waals surface area contributed by atoms with Crippen molar-refractivity contribution in [3.63, 3.8) is 0 Å². The van der Waals surface area contributed by atoms with Gasteiger partial charge in [-0.15, -0.1) is 0 Å². The molecule has 0 spiro atoms. The van der Waals surface area contributed by atoms with E-state index in [0.29, 0.717) is 13.1 Å². The average Bonchev–Trinajstić information content (AvgIpc) is 2.41. The van der Waals surface area contributed by atoms with Gasteiger partial charge in [-0.25, -0.2) is 9.18 Å². The van der Waals surface area contributed by atoms with E-state index in [0.717, 1.165) is 5.56 Å². The largest absolute Gasteiger partial charge is 0.444 e. The minimum Gasteiger partial charge on any atom is -0.444 e. The van der Waals surface area contributed by atoms with E-state index in [9.17, 15) is 9.18 Å². The molecule has 0 saturated carbocycles. The summed E-state index contributed by atoms with van der Waals surface area (Å²) in [5, 5.41) is 5.94. The van der Waals surface area contributed by atoms with E-state index in [1.807, 2.05) is 39.8 Å². The zero-order valence-corrected chi connectivity index (χ0v) is 13.7. The molecule has 1 aromatic rings. The Morgan fingerprint density at radius 3 is 2.41 bits per heavy atom. The highest BCUT2D eigenvalue weighted by molar-refractivity contribution is 5.67. The lowest BCUT2D eigenvalue weighted by atomic mass is 10.1. The van der Waals surface area contributed by atoms with Gasteiger partial charge in [0.15, 0.2) is 0 Å². The van der Waals surface area contributed by atoms with E-state index >= 15 is 0 Å². The highest BCUT2D eigenvalue weighted by atomic mass is 19.1. The molecule has 0 heterocycles. The first kappa shape index (κ1) is 18.2. The number of rotatable bonds is 6. The Bertz CT molecular complexity index is 492. The van der Waals surface area contributed by atoms with Crippen LogP contribution >= 0.6 is 0 Å². The molecule has 2 N–H and O–H groups in total. The van der Waals surface area contributed by atoms with Crippen molar-refractivity contribution in [2.24, 2.45) is 0 Å². The molecule has 1 amide bonds. The van der Waals surface area contributed by atoms with E-state index in [1.165, 1.54) is 12.1 Å². The molecule has 0 aliphatic carbocycles. The van der Waals surface area contributed by atoms with E-state index < -0.39 is 11.7 Å². The summed E-state index contributed by atoms with van der Waals surface area (Å²) in [5.41, 5.74) is 0.543. The van der Waals surface area contributed by atoms with Crippen LogP contribution in [0.5, 0.6) is 0 Å². The monoisotopic (exact) mass is 308 g/mol. The molecule has 22 heavy (non-hydrogen) atoms. The van der Waals surface area contributed by atoms with Gasteiger partial charge in [-0.1, -0.05) is 24.3 Å². The fourth-order valence-electron chi connectivity index (χ4n) is 1.74. The molecule has 0 aromatic heterocycles. The second-order valence-corrected chi connectivity index (χ2v) is 6.04. The minimum atomic E-state index is -0.486. The number of halogens is 1. The van der Waals surface area contributed by atoms with Crippen LogP contribution in [-0.2, 0) is 4.74 Å². The molecule has 122 valence electrons. The SMILES string of the molecule is CC(NC/C=C/CNC(=O)OC(C)(C)C)c1ccc(F)cc1. The molecule has 5 heteroatoms. The lowest BCUT2D eigenvalue weighted by Gasteiger charge is -2.19. The maximum absolute atomic E-state index is 12.8. The molecule has 0 bridgehead atoms. The lowest BCUT2D eigenvalue weighted by molar-refractivity contribution is 0.0534. The Kier molecular flexibility index (Phi) is 7.05. The zero-order valence-electron chi connectivity index (χ0n) is 13.7. The van der Waals surface area contributed by atoms with E-state index in [-0.39, 0.29) is 11.9 Å². The minimum absolute atomic E-state index is 0.129. The van der Waals surface area contributed by atoms with Crippen LogP contribution in [0.2, 0.25) is 0 Å². The molecule has 0 aliphatic heterocycles. The number of hydrogen-bond donors (Lipinski definition) is 2. The number of carbonyl (C=O) groups excluding carboxylic acids is 1. The van der Waals surface area contributed by atoms with Gasteiger partial charge < -0.3 is 15.4 Å². The summed E-state index contributed by atoms with van der Waals surface area (Å²) >= 11 is 0. The number of amides is 1. The van der Waals surface area contributed by atoms with Gasteiger partial charge in [-0.05, 0) is 45.4 Å². The van der Waals surface area contributed by atoms with Gasteiger partial charge in [-0.2, -0.15) is 0 Å². The summed E-state index contributed by atoms with van der Waals surface area (Å²) in [6.07, 6.45) is 3.36. The fraction of sp³-hybridized carbons (Fsp3) is 0.471. The molecule has 1 unspecified atom stereocenters. The van der Waals surface area contributed by atoms with Crippen LogP contribution in [0.25, 0.3) is 0 Å². The molecular formula is C17H25FN2O2. The first-order chi connectivity index (χ1) is 10.3. The predicted octanol–water partition coefficient (Wildman–Crippen LogP) is 3.56. The van der Waals surface area contributed by atoms with Crippen molar-refractivity contribution in [2.75, 3.05) is 13.1 Å². The molecule has 1 aromatic carbocycles. The number of carbonyl (C=O) groups is 1. The lowest BCUT2D eigenvalue weighted by Crippen LogP contribution is -2.32. The highest BCUT2D eigenvalue weighted by Gasteiger charge is 2.14. The van der Waals surface area contributed by atoms with E-state index in [2.05, 4.69) is 10.6 Å². The Balaban J connectivity index is 2.21.